The van der Waals surface area contributed by atoms with Crippen LogP contribution in [0.1, 0.15) is 53.3 Å². The van der Waals surface area contributed by atoms with Crippen LogP contribution in [0.4, 0.5) is 0 Å². The maximum atomic E-state index is 12.7. The fourth-order valence-electron chi connectivity index (χ4n) is 3.23. The van der Waals surface area contributed by atoms with E-state index in [-0.39, 0.29) is 11.8 Å². The summed E-state index contributed by atoms with van der Waals surface area (Å²) in [4.78, 5) is 26.8. The molecule has 4 nitrogen and oxygen atoms in total. The number of amides is 2. The normalized spacial score (nSPS) is 13.8. The third kappa shape index (κ3) is 3.20. The molecule has 0 fully saturated rings. The Hall–Kier alpha value is -2.20. The molecule has 2 amide bonds. The summed E-state index contributed by atoms with van der Waals surface area (Å²) in [7, 11) is 0. The molecule has 0 spiro atoms. The zero-order chi connectivity index (χ0) is 16.9. The van der Waals surface area contributed by atoms with Crippen molar-refractivity contribution in [2.24, 2.45) is 0 Å². The summed E-state index contributed by atoms with van der Waals surface area (Å²) in [6, 6.07) is 11.3. The molecule has 1 heterocycles. The van der Waals surface area contributed by atoms with E-state index in [1.807, 2.05) is 36.4 Å². The molecule has 1 N–H and O–H groups in total. The molecule has 1 aliphatic heterocycles. The van der Waals surface area contributed by atoms with Crippen molar-refractivity contribution in [2.75, 3.05) is 19.6 Å². The fraction of sp³-hybridized carbons (Fsp3) is 0.400. The Morgan fingerprint density at radius 1 is 0.875 bits per heavy atom. The number of carbonyl (C=O) groups excluding carboxylic acids is 2. The van der Waals surface area contributed by atoms with E-state index in [9.17, 15) is 9.59 Å². The largest absolute Gasteiger partial charge is 0.317 e. The molecule has 0 aliphatic carbocycles. The van der Waals surface area contributed by atoms with Gasteiger partial charge in [0.05, 0.1) is 0 Å². The lowest BCUT2D eigenvalue weighted by molar-refractivity contribution is 0.0608. The molecule has 2 aromatic rings. The van der Waals surface area contributed by atoms with Crippen LogP contribution in [-0.2, 0) is 0 Å². The third-order valence-electron chi connectivity index (χ3n) is 4.55. The first-order valence-electron chi connectivity index (χ1n) is 8.82. The van der Waals surface area contributed by atoms with Crippen molar-refractivity contribution in [3.8, 4) is 0 Å². The molecule has 3 rings (SSSR count). The lowest BCUT2D eigenvalue weighted by atomic mass is 9.94. The van der Waals surface area contributed by atoms with Gasteiger partial charge in [-0.1, -0.05) is 37.6 Å². The van der Waals surface area contributed by atoms with Crippen molar-refractivity contribution >= 4 is 22.6 Å². The second-order valence-electron chi connectivity index (χ2n) is 6.28. The molecule has 0 saturated carbocycles. The van der Waals surface area contributed by atoms with Crippen molar-refractivity contribution in [3.05, 3.63) is 47.5 Å². The van der Waals surface area contributed by atoms with Crippen molar-refractivity contribution < 1.29 is 9.59 Å². The van der Waals surface area contributed by atoms with Gasteiger partial charge in [-0.25, -0.2) is 0 Å². The van der Waals surface area contributed by atoms with E-state index in [4.69, 9.17) is 0 Å². The van der Waals surface area contributed by atoms with Crippen LogP contribution in [-0.4, -0.2) is 36.3 Å². The minimum Gasteiger partial charge on any atom is -0.317 e. The number of nitrogens with zero attached hydrogens (tertiary/aromatic N) is 1. The Morgan fingerprint density at radius 2 is 1.50 bits per heavy atom. The Labute approximate surface area is 142 Å². The minimum absolute atomic E-state index is 0.164. The molecule has 24 heavy (non-hydrogen) atoms. The average Bonchev–Trinajstić information content (AvgIpc) is 2.61. The predicted molar refractivity (Wildman–Crippen MR) is 96.3 cm³/mol. The quantitative estimate of drug-likeness (QED) is 0.596. The van der Waals surface area contributed by atoms with Gasteiger partial charge in [0.25, 0.3) is 11.8 Å². The van der Waals surface area contributed by atoms with Gasteiger partial charge in [0.2, 0.25) is 0 Å². The van der Waals surface area contributed by atoms with E-state index in [1.165, 1.54) is 17.7 Å². The number of nitrogens with one attached hydrogen (secondary N) is 1. The van der Waals surface area contributed by atoms with Crippen molar-refractivity contribution in [2.45, 2.75) is 32.6 Å². The number of imide groups is 1. The average molecular weight is 324 g/mol. The molecule has 0 atom stereocenters. The van der Waals surface area contributed by atoms with Gasteiger partial charge in [-0.05, 0) is 49.9 Å². The maximum Gasteiger partial charge on any atom is 0.261 e. The molecular formula is C20H24N2O2. The molecule has 0 bridgehead atoms. The number of hydrogen-bond acceptors (Lipinski definition) is 3. The second kappa shape index (κ2) is 7.58. The first-order valence-corrected chi connectivity index (χ1v) is 8.82. The van der Waals surface area contributed by atoms with Gasteiger partial charge >= 0.3 is 0 Å². The molecule has 4 heteroatoms. The summed E-state index contributed by atoms with van der Waals surface area (Å²) in [6.45, 7) is 4.63. The zero-order valence-corrected chi connectivity index (χ0v) is 14.2. The lowest BCUT2D eigenvalue weighted by Crippen LogP contribution is -2.41. The smallest absolute Gasteiger partial charge is 0.261 e. The highest BCUT2D eigenvalue weighted by molar-refractivity contribution is 6.25. The van der Waals surface area contributed by atoms with Crippen LogP contribution in [0.2, 0.25) is 0 Å². The van der Waals surface area contributed by atoms with E-state index < -0.39 is 0 Å². The summed E-state index contributed by atoms with van der Waals surface area (Å²) in [5.74, 6) is -0.327. The highest BCUT2D eigenvalue weighted by atomic mass is 16.2. The van der Waals surface area contributed by atoms with Crippen molar-refractivity contribution in [3.63, 3.8) is 0 Å². The van der Waals surface area contributed by atoms with Gasteiger partial charge in [-0.2, -0.15) is 0 Å². The topological polar surface area (TPSA) is 49.4 Å². The van der Waals surface area contributed by atoms with Gasteiger partial charge in [0, 0.05) is 23.1 Å². The summed E-state index contributed by atoms with van der Waals surface area (Å²) >= 11 is 0. The molecule has 2 aromatic carbocycles. The highest BCUT2D eigenvalue weighted by Crippen LogP contribution is 2.29. The Kier molecular flexibility index (Phi) is 5.26. The number of benzene rings is 2. The summed E-state index contributed by atoms with van der Waals surface area (Å²) in [5, 5.41) is 5.14. The minimum atomic E-state index is -0.164. The Bertz CT molecular complexity index is 704. The Balaban J connectivity index is 1.67. The van der Waals surface area contributed by atoms with Gasteiger partial charge in [-0.15, -0.1) is 0 Å². The van der Waals surface area contributed by atoms with Crippen LogP contribution in [0, 0.1) is 0 Å². The van der Waals surface area contributed by atoms with Crippen LogP contribution in [0.3, 0.4) is 0 Å². The molecule has 1 aliphatic rings. The summed E-state index contributed by atoms with van der Waals surface area (Å²) < 4.78 is 0. The molecule has 126 valence electrons. The van der Waals surface area contributed by atoms with Crippen molar-refractivity contribution in [1.29, 1.82) is 0 Å². The van der Waals surface area contributed by atoms with E-state index >= 15 is 0 Å². The first kappa shape index (κ1) is 16.7. The van der Waals surface area contributed by atoms with Crippen LogP contribution in [0.25, 0.3) is 10.8 Å². The van der Waals surface area contributed by atoms with Gasteiger partial charge < -0.3 is 5.32 Å². The van der Waals surface area contributed by atoms with Gasteiger partial charge in [0.1, 0.15) is 0 Å². The monoisotopic (exact) mass is 324 g/mol. The highest BCUT2D eigenvalue weighted by Gasteiger charge is 2.31. The maximum absolute atomic E-state index is 12.7. The SMILES string of the molecule is CCCCNCCCCN1C(=O)c2cccc3cccc(c23)C1=O. The van der Waals surface area contributed by atoms with Gasteiger partial charge in [0.15, 0.2) is 0 Å². The van der Waals surface area contributed by atoms with Crippen LogP contribution in [0.15, 0.2) is 36.4 Å². The standard InChI is InChI=1S/C20H24N2O2/c1-2-3-12-21-13-4-5-14-22-19(23)16-10-6-8-15-9-7-11-17(18(15)16)20(22)24/h6-11,21H,2-5,12-14H2,1H3. The van der Waals surface area contributed by atoms with E-state index in [2.05, 4.69) is 12.2 Å². The number of hydrogen-bond donors (Lipinski definition) is 1. The molecule has 0 saturated heterocycles. The van der Waals surface area contributed by atoms with E-state index in [1.54, 1.807) is 0 Å². The molecule has 0 radical (unpaired) electrons. The van der Waals surface area contributed by atoms with Crippen LogP contribution < -0.4 is 5.32 Å². The molecule has 0 unspecified atom stereocenters. The summed E-state index contributed by atoms with van der Waals surface area (Å²) in [5.41, 5.74) is 1.28. The zero-order valence-electron chi connectivity index (χ0n) is 14.2. The van der Waals surface area contributed by atoms with Crippen LogP contribution in [0.5, 0.6) is 0 Å². The predicted octanol–water partition coefficient (Wildman–Crippen LogP) is 3.61. The van der Waals surface area contributed by atoms with Crippen molar-refractivity contribution in [1.82, 2.24) is 10.2 Å². The first-order chi connectivity index (χ1) is 11.7. The van der Waals surface area contributed by atoms with E-state index in [0.29, 0.717) is 17.7 Å². The van der Waals surface area contributed by atoms with Gasteiger partial charge in [-0.3, -0.25) is 14.5 Å². The second-order valence-corrected chi connectivity index (χ2v) is 6.28. The number of carbonyl (C=O) groups is 2. The Morgan fingerprint density at radius 3 is 2.12 bits per heavy atom. The molecular weight excluding hydrogens is 300 g/mol. The van der Waals surface area contributed by atoms with Crippen LogP contribution >= 0.6 is 0 Å². The number of rotatable bonds is 8. The third-order valence-corrected chi connectivity index (χ3v) is 4.55. The lowest BCUT2D eigenvalue weighted by Gasteiger charge is -2.27. The fourth-order valence-corrected chi connectivity index (χ4v) is 3.23. The van der Waals surface area contributed by atoms with E-state index in [0.717, 1.165) is 36.7 Å². The number of unbranched alkanes of at least 4 members (excludes halogenated alkanes) is 2. The molecule has 0 aromatic heterocycles. The summed E-state index contributed by atoms with van der Waals surface area (Å²) in [6.07, 6.45) is 4.17.